The average molecular weight is 148 g/mol. The maximum atomic E-state index is 10.7. The highest BCUT2D eigenvalue weighted by Crippen LogP contribution is 2.19. The Balaban J connectivity index is 2.49. The predicted molar refractivity (Wildman–Crippen MR) is 36.3 cm³/mol. The highest BCUT2D eigenvalue weighted by molar-refractivity contribution is 6.21. The second-order valence-electron chi connectivity index (χ2n) is 2.29. The molecule has 1 heterocycles. The molecule has 0 radical (unpaired) electrons. The van der Waals surface area contributed by atoms with Gasteiger partial charge in [-0.1, -0.05) is 11.6 Å². The van der Waals surface area contributed by atoms with E-state index in [-0.39, 0.29) is 11.4 Å². The van der Waals surface area contributed by atoms with Gasteiger partial charge >= 0.3 is 0 Å². The number of alkyl halides is 1. The summed E-state index contributed by atoms with van der Waals surface area (Å²) < 4.78 is 0. The van der Waals surface area contributed by atoms with E-state index < -0.39 is 0 Å². The van der Waals surface area contributed by atoms with E-state index in [1.54, 1.807) is 11.8 Å². The molecule has 0 spiro atoms. The van der Waals surface area contributed by atoms with Crippen LogP contribution in [0.5, 0.6) is 0 Å². The largest absolute Gasteiger partial charge is 0.326 e. The number of carbonyl (C=O) groups is 1. The van der Waals surface area contributed by atoms with Crippen molar-refractivity contribution >= 4 is 17.5 Å². The highest BCUT2D eigenvalue weighted by Gasteiger charge is 2.23. The molecule has 0 aromatic heterocycles. The smallest absolute Gasteiger partial charge is 0.220 e. The Morgan fingerprint density at radius 3 is 2.67 bits per heavy atom. The number of rotatable bonds is 0. The molecule has 3 heteroatoms. The molecule has 1 unspecified atom stereocenters. The van der Waals surface area contributed by atoms with Crippen LogP contribution < -0.4 is 0 Å². The quantitative estimate of drug-likeness (QED) is 0.373. The Kier molecular flexibility index (Phi) is 1.96. The van der Waals surface area contributed by atoms with Crippen molar-refractivity contribution in [2.24, 2.45) is 0 Å². The van der Waals surface area contributed by atoms with E-state index in [0.29, 0.717) is 0 Å². The second kappa shape index (κ2) is 2.56. The first-order chi connectivity index (χ1) is 4.22. The van der Waals surface area contributed by atoms with E-state index in [0.717, 1.165) is 19.4 Å². The normalized spacial score (nSPS) is 26.9. The van der Waals surface area contributed by atoms with E-state index in [1.165, 1.54) is 0 Å². The van der Waals surface area contributed by atoms with Crippen LogP contribution in [0, 0.1) is 0 Å². The molecule has 0 aromatic rings. The summed E-state index contributed by atoms with van der Waals surface area (Å²) in [7, 11) is 0. The molecular formula is C6H10ClNO. The lowest BCUT2D eigenvalue weighted by Gasteiger charge is -2.16. The highest BCUT2D eigenvalue weighted by atomic mass is 35.5. The zero-order chi connectivity index (χ0) is 6.85. The van der Waals surface area contributed by atoms with Crippen molar-refractivity contribution in [1.29, 1.82) is 0 Å². The molecule has 1 aliphatic rings. The maximum Gasteiger partial charge on any atom is 0.220 e. The molecule has 9 heavy (non-hydrogen) atoms. The van der Waals surface area contributed by atoms with Crippen LogP contribution in [0.3, 0.4) is 0 Å². The molecule has 0 N–H and O–H groups in total. The van der Waals surface area contributed by atoms with Crippen molar-refractivity contribution in [2.45, 2.75) is 25.3 Å². The van der Waals surface area contributed by atoms with Crippen molar-refractivity contribution in [2.75, 3.05) is 6.54 Å². The summed E-state index contributed by atoms with van der Waals surface area (Å²) in [5.41, 5.74) is -0.0394. The molecule has 1 saturated heterocycles. The molecule has 2 nitrogen and oxygen atoms in total. The number of carbonyl (C=O) groups excluding carboxylic acids is 1. The van der Waals surface area contributed by atoms with Crippen LogP contribution in [0.2, 0.25) is 0 Å². The van der Waals surface area contributed by atoms with Crippen LogP contribution in [0.15, 0.2) is 0 Å². The summed E-state index contributed by atoms with van der Waals surface area (Å²) in [6, 6.07) is 0. The Morgan fingerprint density at radius 2 is 2.44 bits per heavy atom. The fourth-order valence-electron chi connectivity index (χ4n) is 1.08. The fraction of sp³-hybridized carbons (Fsp3) is 0.833. The number of hydrogen-bond donors (Lipinski definition) is 0. The van der Waals surface area contributed by atoms with Crippen LogP contribution in [0.25, 0.3) is 0 Å². The van der Waals surface area contributed by atoms with Gasteiger partial charge in [-0.3, -0.25) is 4.79 Å². The minimum atomic E-state index is -0.0394. The number of likely N-dealkylation sites (tertiary alicyclic amines) is 1. The summed E-state index contributed by atoms with van der Waals surface area (Å²) in [5, 5.41) is 0. The average Bonchev–Trinajstić information content (AvgIpc) is 2.13. The van der Waals surface area contributed by atoms with E-state index in [4.69, 9.17) is 11.6 Å². The monoisotopic (exact) mass is 147 g/mol. The van der Waals surface area contributed by atoms with Crippen molar-refractivity contribution in [3.05, 3.63) is 0 Å². The molecule has 1 atom stereocenters. The summed E-state index contributed by atoms with van der Waals surface area (Å²) in [5.74, 6) is 0.0903. The maximum absolute atomic E-state index is 10.7. The minimum Gasteiger partial charge on any atom is -0.326 e. The third-order valence-corrected chi connectivity index (χ3v) is 2.04. The van der Waals surface area contributed by atoms with E-state index >= 15 is 0 Å². The van der Waals surface area contributed by atoms with Gasteiger partial charge in [0.1, 0.15) is 5.50 Å². The Hall–Kier alpha value is -0.240. The lowest BCUT2D eigenvalue weighted by atomic mass is 10.4. The molecule has 52 valence electrons. The molecular weight excluding hydrogens is 138 g/mol. The Morgan fingerprint density at radius 1 is 1.78 bits per heavy atom. The van der Waals surface area contributed by atoms with Gasteiger partial charge in [0.25, 0.3) is 0 Å². The molecule has 0 saturated carbocycles. The topological polar surface area (TPSA) is 20.3 Å². The van der Waals surface area contributed by atoms with Crippen molar-refractivity contribution < 1.29 is 4.79 Å². The molecule has 0 aromatic carbocycles. The molecule has 0 bridgehead atoms. The van der Waals surface area contributed by atoms with E-state index in [2.05, 4.69) is 0 Å². The number of halogens is 1. The first kappa shape index (κ1) is 6.87. The zero-order valence-corrected chi connectivity index (χ0v) is 6.19. The van der Waals surface area contributed by atoms with Gasteiger partial charge < -0.3 is 4.90 Å². The van der Waals surface area contributed by atoms with Gasteiger partial charge in [0.15, 0.2) is 0 Å². The number of amides is 1. The second-order valence-corrected chi connectivity index (χ2v) is 2.79. The number of nitrogens with zero attached hydrogens (tertiary/aromatic N) is 1. The SMILES string of the molecule is CC(=O)N1CCCC1Cl. The van der Waals surface area contributed by atoms with Gasteiger partial charge in [-0.05, 0) is 12.8 Å². The molecule has 1 rings (SSSR count). The first-order valence-corrected chi connectivity index (χ1v) is 3.57. The molecule has 1 fully saturated rings. The van der Waals surface area contributed by atoms with Gasteiger partial charge in [-0.15, -0.1) is 0 Å². The first-order valence-electron chi connectivity index (χ1n) is 3.13. The summed E-state index contributed by atoms with van der Waals surface area (Å²) >= 11 is 5.78. The Bertz CT molecular complexity index is 126. The van der Waals surface area contributed by atoms with Crippen LogP contribution >= 0.6 is 11.6 Å². The van der Waals surface area contributed by atoms with Crippen molar-refractivity contribution in [1.82, 2.24) is 4.90 Å². The molecule has 1 aliphatic heterocycles. The van der Waals surface area contributed by atoms with Gasteiger partial charge in [0.05, 0.1) is 0 Å². The lowest BCUT2D eigenvalue weighted by Crippen LogP contribution is -2.29. The fourth-order valence-corrected chi connectivity index (χ4v) is 1.47. The molecule has 1 amide bonds. The summed E-state index contributed by atoms with van der Waals surface area (Å²) in [6.45, 7) is 2.39. The lowest BCUT2D eigenvalue weighted by molar-refractivity contribution is -0.128. The van der Waals surface area contributed by atoms with Crippen LogP contribution in [0.4, 0.5) is 0 Å². The minimum absolute atomic E-state index is 0.0394. The summed E-state index contributed by atoms with van der Waals surface area (Å²) in [4.78, 5) is 12.4. The predicted octanol–water partition coefficient (Wildman–Crippen LogP) is 1.19. The van der Waals surface area contributed by atoms with Crippen molar-refractivity contribution in [3.63, 3.8) is 0 Å². The van der Waals surface area contributed by atoms with Crippen LogP contribution in [0.1, 0.15) is 19.8 Å². The molecule has 0 aliphatic carbocycles. The van der Waals surface area contributed by atoms with Crippen LogP contribution in [-0.2, 0) is 4.79 Å². The Labute approximate surface area is 59.8 Å². The third-order valence-electron chi connectivity index (χ3n) is 1.58. The van der Waals surface area contributed by atoms with Gasteiger partial charge in [0.2, 0.25) is 5.91 Å². The summed E-state index contributed by atoms with van der Waals surface area (Å²) in [6.07, 6.45) is 1.99. The zero-order valence-electron chi connectivity index (χ0n) is 5.43. The standard InChI is InChI=1S/C6H10ClNO/c1-5(9)8-4-2-3-6(8)7/h6H,2-4H2,1H3. The van der Waals surface area contributed by atoms with Gasteiger partial charge in [0, 0.05) is 13.5 Å². The third kappa shape index (κ3) is 1.36. The van der Waals surface area contributed by atoms with Crippen LogP contribution in [-0.4, -0.2) is 22.9 Å². The van der Waals surface area contributed by atoms with E-state index in [9.17, 15) is 4.79 Å². The van der Waals surface area contributed by atoms with Crippen molar-refractivity contribution in [3.8, 4) is 0 Å². The number of hydrogen-bond acceptors (Lipinski definition) is 1. The van der Waals surface area contributed by atoms with Gasteiger partial charge in [-0.25, -0.2) is 0 Å². The van der Waals surface area contributed by atoms with Gasteiger partial charge in [-0.2, -0.15) is 0 Å². The van der Waals surface area contributed by atoms with E-state index in [1.807, 2.05) is 0 Å².